The van der Waals surface area contributed by atoms with Crippen LogP contribution in [0, 0.1) is 0 Å². The van der Waals surface area contributed by atoms with Crippen LogP contribution in [-0.2, 0) is 4.79 Å². The number of aliphatic carboxylic acids is 1. The molecule has 0 radical (unpaired) electrons. The monoisotopic (exact) mass is 281 g/mol. The standard InChI is InChI=1S/C15H23NO4/c1-12(15(18)19)13-4-6-14(7-5-13)20-11-3-9-16-8-2-10-17/h4-7,12,16-17H,2-3,8-11H2,1H3,(H,18,19). The highest BCUT2D eigenvalue weighted by Crippen LogP contribution is 2.19. The lowest BCUT2D eigenvalue weighted by Crippen LogP contribution is -2.19. The van der Waals surface area contributed by atoms with Gasteiger partial charge in [-0.25, -0.2) is 0 Å². The van der Waals surface area contributed by atoms with E-state index in [1.54, 1.807) is 31.2 Å². The summed E-state index contributed by atoms with van der Waals surface area (Å²) in [6.07, 6.45) is 1.66. The van der Waals surface area contributed by atoms with Gasteiger partial charge in [0.05, 0.1) is 12.5 Å². The fourth-order valence-corrected chi connectivity index (χ4v) is 1.71. The van der Waals surface area contributed by atoms with Gasteiger partial charge in [0.1, 0.15) is 5.75 Å². The number of aliphatic hydroxyl groups excluding tert-OH is 1. The zero-order chi connectivity index (χ0) is 14.8. The van der Waals surface area contributed by atoms with E-state index in [1.807, 2.05) is 0 Å². The van der Waals surface area contributed by atoms with E-state index in [0.29, 0.717) is 6.61 Å². The number of ether oxygens (including phenoxy) is 1. The molecule has 0 aliphatic carbocycles. The van der Waals surface area contributed by atoms with Crippen LogP contribution in [0.1, 0.15) is 31.2 Å². The summed E-state index contributed by atoms with van der Waals surface area (Å²) < 4.78 is 5.57. The highest BCUT2D eigenvalue weighted by molar-refractivity contribution is 5.75. The van der Waals surface area contributed by atoms with Crippen molar-refractivity contribution in [1.82, 2.24) is 5.32 Å². The Bertz CT molecular complexity index is 391. The first-order valence-electron chi connectivity index (χ1n) is 6.92. The van der Waals surface area contributed by atoms with Crippen molar-refractivity contribution in [2.45, 2.75) is 25.7 Å². The molecule has 0 aliphatic rings. The van der Waals surface area contributed by atoms with E-state index in [-0.39, 0.29) is 6.61 Å². The maximum absolute atomic E-state index is 10.8. The van der Waals surface area contributed by atoms with Crippen molar-refractivity contribution in [2.75, 3.05) is 26.3 Å². The minimum Gasteiger partial charge on any atom is -0.494 e. The topological polar surface area (TPSA) is 78.8 Å². The summed E-state index contributed by atoms with van der Waals surface area (Å²) in [6, 6.07) is 7.17. The second-order valence-electron chi connectivity index (χ2n) is 4.66. The third kappa shape index (κ3) is 6.04. The van der Waals surface area contributed by atoms with E-state index in [2.05, 4.69) is 5.32 Å². The van der Waals surface area contributed by atoms with E-state index in [9.17, 15) is 4.79 Å². The summed E-state index contributed by atoms with van der Waals surface area (Å²) in [5.74, 6) is -0.575. The molecule has 0 aromatic heterocycles. The van der Waals surface area contributed by atoms with Crippen LogP contribution in [-0.4, -0.2) is 42.5 Å². The van der Waals surface area contributed by atoms with Gasteiger partial charge < -0.3 is 20.3 Å². The molecule has 0 saturated heterocycles. The zero-order valence-electron chi connectivity index (χ0n) is 11.8. The third-order valence-corrected chi connectivity index (χ3v) is 3.03. The van der Waals surface area contributed by atoms with E-state index in [4.69, 9.17) is 14.9 Å². The van der Waals surface area contributed by atoms with Gasteiger partial charge in [0.15, 0.2) is 0 Å². The van der Waals surface area contributed by atoms with Crippen LogP contribution in [0.15, 0.2) is 24.3 Å². The lowest BCUT2D eigenvalue weighted by molar-refractivity contribution is -0.138. The number of nitrogens with one attached hydrogen (secondary N) is 1. The van der Waals surface area contributed by atoms with E-state index in [0.717, 1.165) is 37.2 Å². The number of hydrogen-bond donors (Lipinski definition) is 3. The van der Waals surface area contributed by atoms with Crippen molar-refractivity contribution < 1.29 is 19.7 Å². The van der Waals surface area contributed by atoms with Crippen molar-refractivity contribution >= 4 is 5.97 Å². The van der Waals surface area contributed by atoms with Gasteiger partial charge in [-0.15, -0.1) is 0 Å². The molecule has 1 aromatic carbocycles. The SMILES string of the molecule is CC(C(=O)O)c1ccc(OCCCNCCCO)cc1. The average molecular weight is 281 g/mol. The fourth-order valence-electron chi connectivity index (χ4n) is 1.71. The van der Waals surface area contributed by atoms with Crippen LogP contribution < -0.4 is 10.1 Å². The first-order chi connectivity index (χ1) is 9.65. The van der Waals surface area contributed by atoms with Gasteiger partial charge in [-0.05, 0) is 50.6 Å². The maximum atomic E-state index is 10.8. The molecule has 5 heteroatoms. The predicted octanol–water partition coefficient (Wildman–Crippen LogP) is 1.62. The van der Waals surface area contributed by atoms with Crippen molar-refractivity contribution in [2.24, 2.45) is 0 Å². The molecule has 0 fully saturated rings. The Morgan fingerprint density at radius 3 is 2.50 bits per heavy atom. The molecular weight excluding hydrogens is 258 g/mol. The average Bonchev–Trinajstić information content (AvgIpc) is 2.46. The van der Waals surface area contributed by atoms with Crippen LogP contribution in [0.25, 0.3) is 0 Å². The predicted molar refractivity (Wildman–Crippen MR) is 77.2 cm³/mol. The molecule has 3 N–H and O–H groups in total. The number of aliphatic hydroxyl groups is 1. The summed E-state index contributed by atoms with van der Waals surface area (Å²) in [5, 5.41) is 20.7. The number of rotatable bonds is 10. The second kappa shape index (κ2) is 9.34. The first-order valence-corrected chi connectivity index (χ1v) is 6.92. The number of carbonyl (C=O) groups is 1. The summed E-state index contributed by atoms with van der Waals surface area (Å²) in [4.78, 5) is 10.8. The number of carboxylic acids is 1. The second-order valence-corrected chi connectivity index (χ2v) is 4.66. The molecule has 112 valence electrons. The number of hydrogen-bond acceptors (Lipinski definition) is 4. The van der Waals surface area contributed by atoms with E-state index in [1.165, 1.54) is 0 Å². The van der Waals surface area contributed by atoms with Gasteiger partial charge in [0, 0.05) is 6.61 Å². The third-order valence-electron chi connectivity index (χ3n) is 3.03. The minimum atomic E-state index is -0.826. The van der Waals surface area contributed by atoms with Gasteiger partial charge >= 0.3 is 5.97 Å². The Labute approximate surface area is 119 Å². The molecule has 0 amide bonds. The molecular formula is C15H23NO4. The van der Waals surface area contributed by atoms with Gasteiger partial charge in [-0.2, -0.15) is 0 Å². The zero-order valence-corrected chi connectivity index (χ0v) is 11.8. The molecule has 20 heavy (non-hydrogen) atoms. The van der Waals surface area contributed by atoms with Gasteiger partial charge in [0.25, 0.3) is 0 Å². The largest absolute Gasteiger partial charge is 0.494 e. The molecule has 1 atom stereocenters. The van der Waals surface area contributed by atoms with Crippen LogP contribution >= 0.6 is 0 Å². The maximum Gasteiger partial charge on any atom is 0.310 e. The van der Waals surface area contributed by atoms with Crippen molar-refractivity contribution in [3.63, 3.8) is 0 Å². The quantitative estimate of drug-likeness (QED) is 0.568. The fraction of sp³-hybridized carbons (Fsp3) is 0.533. The van der Waals surface area contributed by atoms with E-state index < -0.39 is 11.9 Å². The molecule has 1 rings (SSSR count). The normalized spacial score (nSPS) is 12.1. The molecule has 0 heterocycles. The lowest BCUT2D eigenvalue weighted by atomic mass is 10.0. The summed E-state index contributed by atoms with van der Waals surface area (Å²) in [7, 11) is 0. The number of benzene rings is 1. The van der Waals surface area contributed by atoms with Gasteiger partial charge in [-0.3, -0.25) is 4.79 Å². The van der Waals surface area contributed by atoms with Crippen LogP contribution in [0.5, 0.6) is 5.75 Å². The van der Waals surface area contributed by atoms with Crippen LogP contribution in [0.4, 0.5) is 0 Å². The molecule has 0 bridgehead atoms. The number of carboxylic acid groups (broad SMARTS) is 1. The molecule has 1 unspecified atom stereocenters. The molecule has 0 saturated carbocycles. The molecule has 0 aliphatic heterocycles. The summed E-state index contributed by atoms with van der Waals surface area (Å²) >= 11 is 0. The van der Waals surface area contributed by atoms with Crippen molar-refractivity contribution in [3.05, 3.63) is 29.8 Å². The molecule has 1 aromatic rings. The van der Waals surface area contributed by atoms with E-state index >= 15 is 0 Å². The Morgan fingerprint density at radius 1 is 1.25 bits per heavy atom. The van der Waals surface area contributed by atoms with Crippen LogP contribution in [0.3, 0.4) is 0 Å². The summed E-state index contributed by atoms with van der Waals surface area (Å²) in [6.45, 7) is 4.16. The van der Waals surface area contributed by atoms with Crippen molar-refractivity contribution in [3.8, 4) is 5.75 Å². The Kier molecular flexibility index (Phi) is 7.69. The Balaban J connectivity index is 2.23. The van der Waals surface area contributed by atoms with Gasteiger partial charge in [-0.1, -0.05) is 12.1 Å². The lowest BCUT2D eigenvalue weighted by Gasteiger charge is -2.09. The van der Waals surface area contributed by atoms with Crippen molar-refractivity contribution in [1.29, 1.82) is 0 Å². The highest BCUT2D eigenvalue weighted by atomic mass is 16.5. The Morgan fingerprint density at radius 2 is 1.90 bits per heavy atom. The summed E-state index contributed by atoms with van der Waals surface area (Å²) in [5.41, 5.74) is 0.774. The Hall–Kier alpha value is -1.59. The highest BCUT2D eigenvalue weighted by Gasteiger charge is 2.12. The molecule has 0 spiro atoms. The van der Waals surface area contributed by atoms with Gasteiger partial charge in [0.2, 0.25) is 0 Å². The minimum absolute atomic E-state index is 0.213. The first kappa shape index (κ1) is 16.5. The smallest absolute Gasteiger partial charge is 0.310 e. The molecule has 5 nitrogen and oxygen atoms in total. The van der Waals surface area contributed by atoms with Crippen LogP contribution in [0.2, 0.25) is 0 Å².